The minimum absolute atomic E-state index is 0.165. The van der Waals surface area contributed by atoms with Crippen LogP contribution in [0.25, 0.3) is 0 Å². The van der Waals surface area contributed by atoms with Crippen LogP contribution in [0.1, 0.15) is 44.1 Å². The molecule has 2 fully saturated rings. The Kier molecular flexibility index (Phi) is 3.89. The second-order valence-corrected chi connectivity index (χ2v) is 6.51. The molecule has 2 aliphatic rings. The molecule has 1 saturated carbocycles. The lowest BCUT2D eigenvalue weighted by molar-refractivity contribution is -0.137. The molecule has 1 aromatic rings. The molecule has 0 spiro atoms. The number of nitrogens with zero attached hydrogens (tertiary/aromatic N) is 1. The van der Waals surface area contributed by atoms with E-state index in [0.717, 1.165) is 45.1 Å². The maximum absolute atomic E-state index is 12.5. The summed E-state index contributed by atoms with van der Waals surface area (Å²) in [6.45, 7) is 0.859. The first kappa shape index (κ1) is 14.4. The van der Waals surface area contributed by atoms with E-state index < -0.39 is 5.54 Å². The topological polar surface area (TPSA) is 66.6 Å². The number of hydrogen-bond donors (Lipinski definition) is 2. The Morgan fingerprint density at radius 2 is 2.00 bits per heavy atom. The number of carbonyl (C=O) groups is 1. The fourth-order valence-electron chi connectivity index (χ4n) is 3.20. The van der Waals surface area contributed by atoms with Crippen molar-refractivity contribution in [3.63, 3.8) is 0 Å². The van der Waals surface area contributed by atoms with E-state index in [9.17, 15) is 9.90 Å². The number of phenols is 1. The summed E-state index contributed by atoms with van der Waals surface area (Å²) in [5.41, 5.74) is 6.75. The van der Waals surface area contributed by atoms with Crippen LogP contribution in [0, 0.1) is 0 Å². The maximum atomic E-state index is 12.5. The molecule has 1 atom stereocenters. The Hall–Kier alpha value is -1.55. The first-order valence-electron chi connectivity index (χ1n) is 7.96. The van der Waals surface area contributed by atoms with Crippen molar-refractivity contribution in [3.8, 4) is 5.75 Å². The molecule has 1 aliphatic carbocycles. The van der Waals surface area contributed by atoms with E-state index in [1.807, 2.05) is 17.0 Å². The van der Waals surface area contributed by atoms with Crippen LogP contribution in [-0.2, 0) is 11.2 Å². The van der Waals surface area contributed by atoms with Crippen molar-refractivity contribution in [2.75, 3.05) is 6.54 Å². The van der Waals surface area contributed by atoms with Crippen molar-refractivity contribution >= 4 is 5.91 Å². The van der Waals surface area contributed by atoms with Crippen LogP contribution in [0.4, 0.5) is 0 Å². The zero-order valence-corrected chi connectivity index (χ0v) is 12.4. The van der Waals surface area contributed by atoms with Crippen molar-refractivity contribution in [3.05, 3.63) is 29.8 Å². The summed E-state index contributed by atoms with van der Waals surface area (Å²) in [6.07, 6.45) is 6.97. The Balaban J connectivity index is 1.61. The van der Waals surface area contributed by atoms with Crippen LogP contribution in [0.5, 0.6) is 5.75 Å². The predicted octanol–water partition coefficient (Wildman–Crippen LogP) is 2.20. The van der Waals surface area contributed by atoms with Crippen LogP contribution < -0.4 is 5.73 Å². The summed E-state index contributed by atoms with van der Waals surface area (Å²) in [5, 5.41) is 9.32. The van der Waals surface area contributed by atoms with Gasteiger partial charge in [-0.15, -0.1) is 0 Å². The smallest absolute Gasteiger partial charge is 0.242 e. The quantitative estimate of drug-likeness (QED) is 0.892. The third-order valence-corrected chi connectivity index (χ3v) is 4.81. The highest BCUT2D eigenvalue weighted by molar-refractivity contribution is 5.89. The first-order valence-corrected chi connectivity index (χ1v) is 7.96. The minimum atomic E-state index is -0.547. The molecule has 1 amide bonds. The number of rotatable bonds is 4. The highest BCUT2D eigenvalue weighted by Crippen LogP contribution is 2.36. The summed E-state index contributed by atoms with van der Waals surface area (Å²) in [5.74, 6) is 0.463. The third-order valence-electron chi connectivity index (χ3n) is 4.81. The highest BCUT2D eigenvalue weighted by Gasteiger charge is 2.49. The van der Waals surface area contributed by atoms with E-state index in [2.05, 4.69) is 0 Å². The lowest BCUT2D eigenvalue weighted by atomic mass is 9.95. The highest BCUT2D eigenvalue weighted by atomic mass is 16.3. The molecule has 1 heterocycles. The van der Waals surface area contributed by atoms with Crippen molar-refractivity contribution in [2.24, 2.45) is 5.73 Å². The summed E-state index contributed by atoms with van der Waals surface area (Å²) in [4.78, 5) is 14.6. The van der Waals surface area contributed by atoms with Crippen molar-refractivity contribution in [2.45, 2.75) is 56.5 Å². The molecule has 0 radical (unpaired) electrons. The lowest BCUT2D eigenvalue weighted by Crippen LogP contribution is -2.52. The molecule has 3 N–H and O–H groups in total. The Bertz CT molecular complexity index is 508. The molecule has 0 aromatic heterocycles. The van der Waals surface area contributed by atoms with Gasteiger partial charge in [-0.2, -0.15) is 0 Å². The molecule has 21 heavy (non-hydrogen) atoms. The standard InChI is InChI=1S/C17H24N2O2/c18-17(10-11-17)16(21)19-12-2-1-3-14(19)7-4-13-5-8-15(20)9-6-13/h5-6,8-9,14,20H,1-4,7,10-12,18H2/t14-/m1/s1. The fourth-order valence-corrected chi connectivity index (χ4v) is 3.20. The number of nitrogens with two attached hydrogens (primary N) is 1. The number of amides is 1. The van der Waals surface area contributed by atoms with Crippen molar-refractivity contribution < 1.29 is 9.90 Å². The van der Waals surface area contributed by atoms with Gasteiger partial charge in [-0.25, -0.2) is 0 Å². The number of phenolic OH excluding ortho intramolecular Hbond substituents is 1. The molecule has 1 aromatic carbocycles. The van der Waals surface area contributed by atoms with Crippen LogP contribution in [-0.4, -0.2) is 34.0 Å². The van der Waals surface area contributed by atoms with Gasteiger partial charge in [0, 0.05) is 12.6 Å². The molecule has 4 heteroatoms. The molecule has 1 saturated heterocycles. The maximum Gasteiger partial charge on any atom is 0.242 e. The molecule has 114 valence electrons. The number of benzene rings is 1. The summed E-state index contributed by atoms with van der Waals surface area (Å²) >= 11 is 0. The Morgan fingerprint density at radius 1 is 1.29 bits per heavy atom. The van der Waals surface area contributed by atoms with E-state index in [1.165, 1.54) is 12.0 Å². The van der Waals surface area contributed by atoms with Crippen LogP contribution in [0.3, 0.4) is 0 Å². The van der Waals surface area contributed by atoms with Gasteiger partial charge in [0.25, 0.3) is 0 Å². The number of carbonyl (C=O) groups excluding carboxylic acids is 1. The van der Waals surface area contributed by atoms with Gasteiger partial charge in [-0.3, -0.25) is 4.79 Å². The Labute approximate surface area is 125 Å². The van der Waals surface area contributed by atoms with Gasteiger partial charge in [0.15, 0.2) is 0 Å². The summed E-state index contributed by atoms with van der Waals surface area (Å²) in [6, 6.07) is 7.67. The molecule has 0 bridgehead atoms. The van der Waals surface area contributed by atoms with E-state index in [4.69, 9.17) is 5.73 Å². The summed E-state index contributed by atoms with van der Waals surface area (Å²) < 4.78 is 0. The normalized spacial score (nSPS) is 23.9. The van der Waals surface area contributed by atoms with Crippen LogP contribution in [0.2, 0.25) is 0 Å². The van der Waals surface area contributed by atoms with Gasteiger partial charge >= 0.3 is 0 Å². The SMILES string of the molecule is NC1(C(=O)N2CCCC[C@@H]2CCc2ccc(O)cc2)CC1. The van der Waals surface area contributed by atoms with Gasteiger partial charge in [-0.05, 0) is 62.6 Å². The molecule has 0 unspecified atom stereocenters. The Morgan fingerprint density at radius 3 is 2.67 bits per heavy atom. The average molecular weight is 288 g/mol. The van der Waals surface area contributed by atoms with Gasteiger partial charge in [0.05, 0.1) is 5.54 Å². The van der Waals surface area contributed by atoms with Gasteiger partial charge < -0.3 is 15.7 Å². The lowest BCUT2D eigenvalue weighted by Gasteiger charge is -2.37. The second-order valence-electron chi connectivity index (χ2n) is 6.51. The largest absolute Gasteiger partial charge is 0.508 e. The first-order chi connectivity index (χ1) is 10.1. The molecular weight excluding hydrogens is 264 g/mol. The van der Waals surface area contributed by atoms with Crippen LogP contribution in [0.15, 0.2) is 24.3 Å². The predicted molar refractivity (Wildman–Crippen MR) is 81.9 cm³/mol. The van der Waals surface area contributed by atoms with E-state index in [0.29, 0.717) is 11.8 Å². The van der Waals surface area contributed by atoms with E-state index >= 15 is 0 Å². The van der Waals surface area contributed by atoms with E-state index in [1.54, 1.807) is 12.1 Å². The average Bonchev–Trinajstić information content (AvgIpc) is 3.25. The zero-order chi connectivity index (χ0) is 14.9. The number of aryl methyl sites for hydroxylation is 1. The minimum Gasteiger partial charge on any atom is -0.508 e. The second kappa shape index (κ2) is 5.68. The van der Waals surface area contributed by atoms with Crippen molar-refractivity contribution in [1.29, 1.82) is 0 Å². The van der Waals surface area contributed by atoms with Gasteiger partial charge in [-0.1, -0.05) is 12.1 Å². The van der Waals surface area contributed by atoms with Gasteiger partial charge in [0.1, 0.15) is 5.75 Å². The molecule has 1 aliphatic heterocycles. The summed E-state index contributed by atoms with van der Waals surface area (Å²) in [7, 11) is 0. The molecule has 4 nitrogen and oxygen atoms in total. The van der Waals surface area contributed by atoms with Crippen molar-refractivity contribution in [1.82, 2.24) is 4.90 Å². The number of piperidine rings is 1. The molecular formula is C17H24N2O2. The molecule has 3 rings (SSSR count). The van der Waals surface area contributed by atoms with E-state index in [-0.39, 0.29) is 5.91 Å². The number of hydrogen-bond acceptors (Lipinski definition) is 3. The van der Waals surface area contributed by atoms with Crippen LogP contribution >= 0.6 is 0 Å². The fraction of sp³-hybridized carbons (Fsp3) is 0.588. The monoisotopic (exact) mass is 288 g/mol. The number of aromatic hydroxyl groups is 1. The zero-order valence-electron chi connectivity index (χ0n) is 12.4. The number of likely N-dealkylation sites (tertiary alicyclic amines) is 1. The van der Waals surface area contributed by atoms with Gasteiger partial charge in [0.2, 0.25) is 5.91 Å². The third kappa shape index (κ3) is 3.21.